The Labute approximate surface area is 232 Å². The Kier molecular flexibility index (Phi) is 6.29. The molecule has 0 aliphatic heterocycles. The lowest BCUT2D eigenvalue weighted by molar-refractivity contribution is 1.03. The van der Waals surface area contributed by atoms with Crippen LogP contribution in [0.2, 0.25) is 0 Å². The molecule has 0 saturated heterocycles. The predicted molar refractivity (Wildman–Crippen MR) is 169 cm³/mol. The quantitative estimate of drug-likeness (QED) is 0.185. The number of hydrogen-bond acceptors (Lipinski definition) is 2. The fourth-order valence-electron chi connectivity index (χ4n) is 5.47. The van der Waals surface area contributed by atoms with E-state index in [1.165, 1.54) is 63.3 Å². The van der Waals surface area contributed by atoms with Crippen LogP contribution in [-0.4, -0.2) is 0 Å². The van der Waals surface area contributed by atoms with Crippen molar-refractivity contribution in [2.24, 2.45) is 0 Å². The second-order valence-corrected chi connectivity index (χ2v) is 12.2. The average molecular weight is 525 g/mol. The van der Waals surface area contributed by atoms with E-state index in [9.17, 15) is 0 Å². The predicted octanol–water partition coefficient (Wildman–Crippen LogP) is 11.1. The lowest BCUT2D eigenvalue weighted by atomic mass is 9.79. The van der Waals surface area contributed by atoms with Crippen LogP contribution >= 0.6 is 22.7 Å². The third-order valence-electron chi connectivity index (χ3n) is 7.35. The number of benzene rings is 4. The summed E-state index contributed by atoms with van der Waals surface area (Å²) in [6.07, 6.45) is 13.4. The first-order chi connectivity index (χ1) is 18.8. The second-order valence-electron chi connectivity index (χ2n) is 9.94. The fourth-order valence-corrected chi connectivity index (χ4v) is 7.94. The normalized spacial score (nSPS) is 12.4. The highest BCUT2D eigenvalue weighted by Gasteiger charge is 2.28. The van der Waals surface area contributed by atoms with Crippen molar-refractivity contribution in [1.82, 2.24) is 0 Å². The zero-order chi connectivity index (χ0) is 25.3. The minimum atomic E-state index is 1.07. The van der Waals surface area contributed by atoms with Crippen molar-refractivity contribution >= 4 is 55.0 Å². The van der Waals surface area contributed by atoms with E-state index in [4.69, 9.17) is 0 Å². The van der Waals surface area contributed by atoms with E-state index >= 15 is 0 Å². The van der Waals surface area contributed by atoms with Crippen molar-refractivity contribution in [3.63, 3.8) is 0 Å². The number of thiophene rings is 2. The fraction of sp³-hybridized carbons (Fsp3) is 0.111. The first kappa shape index (κ1) is 23.4. The lowest BCUT2D eigenvalue weighted by Gasteiger charge is -2.25. The molecule has 7 rings (SSSR count). The largest absolute Gasteiger partial charge is 0.140 e. The molecule has 1 aliphatic carbocycles. The molecule has 2 heteroatoms. The molecule has 0 bridgehead atoms. The summed E-state index contributed by atoms with van der Waals surface area (Å²) in [7, 11) is 0. The van der Waals surface area contributed by atoms with Crippen LogP contribution in [0.1, 0.15) is 33.7 Å². The highest BCUT2D eigenvalue weighted by Crippen LogP contribution is 2.56. The Hall–Kier alpha value is -3.72. The van der Waals surface area contributed by atoms with Gasteiger partial charge in [-0.3, -0.25) is 0 Å². The smallest absolute Gasteiger partial charge is 0.0430 e. The van der Waals surface area contributed by atoms with Crippen LogP contribution in [0.15, 0.2) is 109 Å². The first-order valence-corrected chi connectivity index (χ1v) is 15.0. The van der Waals surface area contributed by atoms with E-state index in [1.807, 2.05) is 22.7 Å². The first-order valence-electron chi connectivity index (χ1n) is 13.4. The van der Waals surface area contributed by atoms with Crippen molar-refractivity contribution in [3.05, 3.63) is 130 Å². The van der Waals surface area contributed by atoms with Gasteiger partial charge in [0.1, 0.15) is 0 Å². The number of rotatable bonds is 8. The number of allylic oxidation sites excluding steroid dienone is 2. The van der Waals surface area contributed by atoms with Crippen molar-refractivity contribution in [2.75, 3.05) is 0 Å². The molecule has 0 N–H and O–H groups in total. The van der Waals surface area contributed by atoms with Gasteiger partial charge in [0.15, 0.2) is 0 Å². The zero-order valence-electron chi connectivity index (χ0n) is 21.2. The molecule has 2 heterocycles. The standard InChI is InChI=1S/C36H28S2/c1-3-11-25(12-4-1)15-7-9-17-29-23-27-19-21-31-33(35(27)37-29)32-22-20-28-24-30(38-36(28)34(31)32)18-10-8-16-26-13-5-2-6-14-26/h1-8,11-16,19-24H,9-10,17-18H2/b15-7+,16-8+. The Morgan fingerprint density at radius 1 is 0.500 bits per heavy atom. The second kappa shape index (κ2) is 10.2. The molecule has 0 saturated carbocycles. The van der Waals surface area contributed by atoms with E-state index < -0.39 is 0 Å². The molecule has 0 unspecified atom stereocenters. The molecule has 0 amide bonds. The van der Waals surface area contributed by atoms with Gasteiger partial charge in [0.05, 0.1) is 0 Å². The molecule has 0 atom stereocenters. The van der Waals surface area contributed by atoms with Gasteiger partial charge in [-0.05, 0) is 70.8 Å². The number of fused-ring (bicyclic) bond motifs is 8. The molecule has 1 aliphatic rings. The van der Waals surface area contributed by atoms with E-state index in [0.717, 1.165) is 25.7 Å². The lowest BCUT2D eigenvalue weighted by Crippen LogP contribution is -1.98. The molecule has 0 radical (unpaired) electrons. The third kappa shape index (κ3) is 4.45. The molecule has 2 aromatic heterocycles. The SMILES string of the molecule is C(=C\c1ccccc1)/CCc1cc2ccc3c(c2s1)-c1ccc2cc(CC/C=C/c4ccccc4)sc2c1-3. The van der Waals surface area contributed by atoms with Gasteiger partial charge < -0.3 is 0 Å². The Morgan fingerprint density at radius 3 is 1.39 bits per heavy atom. The zero-order valence-corrected chi connectivity index (χ0v) is 22.8. The molecule has 6 aromatic rings. The monoisotopic (exact) mass is 524 g/mol. The minimum Gasteiger partial charge on any atom is -0.140 e. The van der Waals surface area contributed by atoms with Crippen molar-refractivity contribution in [1.29, 1.82) is 0 Å². The average Bonchev–Trinajstić information content (AvgIpc) is 3.54. The number of aryl methyl sites for hydroxylation is 2. The minimum absolute atomic E-state index is 1.07. The molecule has 0 spiro atoms. The summed E-state index contributed by atoms with van der Waals surface area (Å²) < 4.78 is 2.92. The third-order valence-corrected chi connectivity index (χ3v) is 9.81. The molecule has 38 heavy (non-hydrogen) atoms. The van der Waals surface area contributed by atoms with Gasteiger partial charge in [0.25, 0.3) is 0 Å². The summed E-state index contributed by atoms with van der Waals surface area (Å²) in [6.45, 7) is 0. The van der Waals surface area contributed by atoms with E-state index in [1.54, 1.807) is 0 Å². The van der Waals surface area contributed by atoms with Gasteiger partial charge in [-0.25, -0.2) is 0 Å². The van der Waals surface area contributed by atoms with Crippen LogP contribution < -0.4 is 0 Å². The summed E-state index contributed by atoms with van der Waals surface area (Å²) >= 11 is 3.97. The van der Waals surface area contributed by atoms with Gasteiger partial charge in [0.2, 0.25) is 0 Å². The van der Waals surface area contributed by atoms with Crippen molar-refractivity contribution in [3.8, 4) is 22.3 Å². The van der Waals surface area contributed by atoms with Crippen LogP contribution in [-0.2, 0) is 12.8 Å². The Morgan fingerprint density at radius 2 is 0.947 bits per heavy atom. The molecule has 0 nitrogen and oxygen atoms in total. The Bertz CT molecular complexity index is 1650. The molecule has 4 aromatic carbocycles. The maximum atomic E-state index is 2.40. The number of hydrogen-bond donors (Lipinski definition) is 0. The summed E-state index contributed by atoms with van der Waals surface area (Å²) in [4.78, 5) is 2.95. The maximum absolute atomic E-state index is 2.40. The summed E-state index contributed by atoms with van der Waals surface area (Å²) in [5.41, 5.74) is 8.36. The van der Waals surface area contributed by atoms with Gasteiger partial charge in [0, 0.05) is 30.3 Å². The van der Waals surface area contributed by atoms with Crippen LogP contribution in [0.5, 0.6) is 0 Å². The summed E-state index contributed by atoms with van der Waals surface area (Å²) in [6, 6.07) is 35.3. The van der Waals surface area contributed by atoms with Gasteiger partial charge in [-0.2, -0.15) is 0 Å². The molecule has 0 fully saturated rings. The Balaban J connectivity index is 1.08. The van der Waals surface area contributed by atoms with E-state index in [2.05, 4.69) is 121 Å². The van der Waals surface area contributed by atoms with E-state index in [-0.39, 0.29) is 0 Å². The van der Waals surface area contributed by atoms with Gasteiger partial charge in [-0.1, -0.05) is 109 Å². The summed E-state index contributed by atoms with van der Waals surface area (Å²) in [5, 5.41) is 2.78. The summed E-state index contributed by atoms with van der Waals surface area (Å²) in [5.74, 6) is 0. The van der Waals surface area contributed by atoms with Crippen LogP contribution in [0.3, 0.4) is 0 Å². The van der Waals surface area contributed by atoms with Crippen LogP contribution in [0, 0.1) is 0 Å². The highest BCUT2D eigenvalue weighted by molar-refractivity contribution is 7.20. The maximum Gasteiger partial charge on any atom is 0.0430 e. The van der Waals surface area contributed by atoms with Crippen LogP contribution in [0.4, 0.5) is 0 Å². The van der Waals surface area contributed by atoms with E-state index in [0.29, 0.717) is 0 Å². The van der Waals surface area contributed by atoms with Gasteiger partial charge >= 0.3 is 0 Å². The molecular formula is C36H28S2. The molecular weight excluding hydrogens is 497 g/mol. The van der Waals surface area contributed by atoms with Gasteiger partial charge in [-0.15, -0.1) is 22.7 Å². The van der Waals surface area contributed by atoms with Crippen molar-refractivity contribution in [2.45, 2.75) is 25.7 Å². The topological polar surface area (TPSA) is 0 Å². The van der Waals surface area contributed by atoms with Crippen molar-refractivity contribution < 1.29 is 0 Å². The van der Waals surface area contributed by atoms with Crippen LogP contribution in [0.25, 0.3) is 54.6 Å². The highest BCUT2D eigenvalue weighted by atomic mass is 32.1. The molecule has 184 valence electrons.